The topological polar surface area (TPSA) is 113 Å². The van der Waals surface area contributed by atoms with Crippen molar-refractivity contribution in [3.63, 3.8) is 0 Å². The largest absolute Gasteiger partial charge is 0.462 e. The Labute approximate surface area is 186 Å². The van der Waals surface area contributed by atoms with Crippen LogP contribution in [0.25, 0.3) is 0 Å². The van der Waals surface area contributed by atoms with Crippen molar-refractivity contribution in [1.82, 2.24) is 4.90 Å². The molecule has 0 aromatic rings. The smallest absolute Gasteiger partial charge is 0.305 e. The number of nitrogens with zero attached hydrogens (tertiary/aromatic N) is 1. The molecule has 0 aliphatic heterocycles. The maximum Gasteiger partial charge on any atom is 0.305 e. The lowest BCUT2D eigenvalue weighted by Crippen LogP contribution is -2.34. The van der Waals surface area contributed by atoms with Crippen LogP contribution in [0.3, 0.4) is 0 Å². The summed E-state index contributed by atoms with van der Waals surface area (Å²) < 4.78 is 9.34. The van der Waals surface area contributed by atoms with Crippen molar-refractivity contribution in [2.75, 3.05) is 45.3 Å². The molecule has 0 saturated carbocycles. The van der Waals surface area contributed by atoms with Crippen LogP contribution in [0, 0.1) is 11.8 Å². The molecule has 0 spiro atoms. The number of aliphatic hydroxyl groups excluding tert-OH is 2. The van der Waals surface area contributed by atoms with Crippen molar-refractivity contribution < 1.29 is 34.1 Å². The van der Waals surface area contributed by atoms with Crippen molar-refractivity contribution >= 4 is 28.9 Å². The van der Waals surface area contributed by atoms with Crippen molar-refractivity contribution in [3.05, 3.63) is 0 Å². The van der Waals surface area contributed by atoms with E-state index < -0.39 is 0 Å². The summed E-state index contributed by atoms with van der Waals surface area (Å²) in [5, 5.41) is 15.5. The molecule has 0 radical (unpaired) electrons. The summed E-state index contributed by atoms with van der Waals surface area (Å²) >= 11 is 1.41. The van der Waals surface area contributed by atoms with Crippen LogP contribution in [0.15, 0.2) is 0 Å². The summed E-state index contributed by atoms with van der Waals surface area (Å²) in [5.41, 5.74) is 0. The maximum absolute atomic E-state index is 11.7. The molecule has 30 heavy (non-hydrogen) atoms. The molecule has 0 aliphatic carbocycles. The zero-order valence-electron chi connectivity index (χ0n) is 19.8. The van der Waals surface area contributed by atoms with Gasteiger partial charge in [-0.05, 0) is 17.6 Å². The molecule has 0 atom stereocenters. The second-order valence-corrected chi connectivity index (χ2v) is 8.20. The molecule has 180 valence electrons. The highest BCUT2D eigenvalue weighted by atomic mass is 32.2. The first-order valence-corrected chi connectivity index (χ1v) is 11.5. The number of esters is 2. The van der Waals surface area contributed by atoms with Gasteiger partial charge in [0.05, 0.1) is 13.2 Å². The van der Waals surface area contributed by atoms with E-state index in [1.807, 2.05) is 11.8 Å². The molecule has 0 fully saturated rings. The van der Waals surface area contributed by atoms with E-state index in [9.17, 15) is 14.4 Å². The molecular formula is C21H43NO7S. The average Bonchev–Trinajstić information content (AvgIpc) is 2.70. The van der Waals surface area contributed by atoms with Crippen LogP contribution in [-0.2, 0) is 19.1 Å². The fourth-order valence-electron chi connectivity index (χ4n) is 1.84. The lowest BCUT2D eigenvalue weighted by molar-refractivity contribution is -0.151. The number of amides is 1. The van der Waals surface area contributed by atoms with Gasteiger partial charge in [0.15, 0.2) is 0 Å². The molecule has 0 saturated heterocycles. The number of thioether (sulfide) groups is 1. The van der Waals surface area contributed by atoms with Crippen molar-refractivity contribution in [2.24, 2.45) is 11.8 Å². The van der Waals surface area contributed by atoms with Crippen molar-refractivity contribution in [1.29, 1.82) is 0 Å². The summed E-state index contributed by atoms with van der Waals surface area (Å²) in [4.78, 5) is 34.8. The Morgan fingerprint density at radius 1 is 0.800 bits per heavy atom. The molecule has 0 aromatic carbocycles. The first-order chi connectivity index (χ1) is 14.1. The van der Waals surface area contributed by atoms with Crippen LogP contribution in [-0.4, -0.2) is 77.6 Å². The number of hydrogen-bond donors (Lipinski definition) is 2. The Kier molecular flexibility index (Phi) is 26.6. The third-order valence-corrected chi connectivity index (χ3v) is 3.78. The Morgan fingerprint density at radius 2 is 1.17 bits per heavy atom. The molecule has 2 N–H and O–H groups in total. The monoisotopic (exact) mass is 453 g/mol. The molecule has 0 bridgehead atoms. The van der Waals surface area contributed by atoms with Crippen LogP contribution in [0.2, 0.25) is 0 Å². The second-order valence-electron chi connectivity index (χ2n) is 6.99. The summed E-state index contributed by atoms with van der Waals surface area (Å²) in [6.07, 6.45) is 0.698. The van der Waals surface area contributed by atoms with Crippen LogP contribution in [0.5, 0.6) is 0 Å². The van der Waals surface area contributed by atoms with E-state index in [1.165, 1.54) is 11.8 Å². The van der Waals surface area contributed by atoms with Crippen LogP contribution < -0.4 is 0 Å². The van der Waals surface area contributed by atoms with Gasteiger partial charge in [0.2, 0.25) is 0 Å². The third-order valence-electron chi connectivity index (χ3n) is 2.98. The fraction of sp³-hybridized carbons (Fsp3) is 0.857. The van der Waals surface area contributed by atoms with Gasteiger partial charge < -0.3 is 24.6 Å². The zero-order chi connectivity index (χ0) is 23.9. The Hall–Kier alpha value is -1.32. The predicted octanol–water partition coefficient (Wildman–Crippen LogP) is 3.34. The number of hydrogen-bond acceptors (Lipinski definition) is 8. The maximum atomic E-state index is 11.7. The van der Waals surface area contributed by atoms with Crippen molar-refractivity contribution in [2.45, 2.75) is 61.3 Å². The Bertz CT molecular complexity index is 402. The lowest BCUT2D eigenvalue weighted by Gasteiger charge is -2.25. The van der Waals surface area contributed by atoms with Gasteiger partial charge in [-0.3, -0.25) is 14.4 Å². The van der Waals surface area contributed by atoms with Gasteiger partial charge in [-0.2, -0.15) is 0 Å². The highest BCUT2D eigenvalue weighted by Crippen LogP contribution is 2.12. The molecule has 0 rings (SSSR count). The minimum absolute atomic E-state index is 0.125. The SMILES string of the molecule is CCC(=O)OCCOC(=O)CC.CCSC(=O)N(CC(C)C)CC(C)C.OCCO. The molecule has 8 nitrogen and oxygen atoms in total. The summed E-state index contributed by atoms with van der Waals surface area (Å²) in [6, 6.07) is 0. The van der Waals surface area contributed by atoms with Crippen molar-refractivity contribution in [3.8, 4) is 0 Å². The molecule has 0 heterocycles. The number of ether oxygens (including phenoxy) is 2. The highest BCUT2D eigenvalue weighted by molar-refractivity contribution is 8.13. The molecule has 1 amide bonds. The summed E-state index contributed by atoms with van der Waals surface area (Å²) in [6.45, 7) is 15.8. The number of carbonyl (C=O) groups is 3. The number of aliphatic hydroxyl groups is 2. The quantitative estimate of drug-likeness (QED) is 0.362. The van der Waals surface area contributed by atoms with Gasteiger partial charge in [-0.15, -0.1) is 0 Å². The van der Waals surface area contributed by atoms with Gasteiger partial charge in [0.1, 0.15) is 13.2 Å². The zero-order valence-corrected chi connectivity index (χ0v) is 20.6. The molecule has 0 unspecified atom stereocenters. The van der Waals surface area contributed by atoms with Crippen LogP contribution in [0.1, 0.15) is 61.3 Å². The van der Waals surface area contributed by atoms with Gasteiger partial charge >= 0.3 is 11.9 Å². The Balaban J connectivity index is -0.000000416. The van der Waals surface area contributed by atoms with E-state index in [1.54, 1.807) is 13.8 Å². The standard InChI is InChI=1S/C11H23NOS.C8H14O4.C2H6O2/c1-6-14-11(13)12(7-9(2)3)8-10(4)5;1-3-7(9)11-5-6-12-8(10)4-2;3-1-2-4/h9-10H,6-8H2,1-5H3;3-6H2,1-2H3;3-4H,1-2H2. The molecule has 0 aromatic heterocycles. The first-order valence-electron chi connectivity index (χ1n) is 10.5. The van der Waals surface area contributed by atoms with E-state index in [0.717, 1.165) is 18.8 Å². The summed E-state index contributed by atoms with van der Waals surface area (Å²) in [5.74, 6) is 1.42. The molecule has 9 heteroatoms. The average molecular weight is 454 g/mol. The highest BCUT2D eigenvalue weighted by Gasteiger charge is 2.15. The Morgan fingerprint density at radius 3 is 1.40 bits per heavy atom. The minimum Gasteiger partial charge on any atom is -0.462 e. The first kappa shape index (κ1) is 33.3. The molecular weight excluding hydrogens is 410 g/mol. The minimum atomic E-state index is -0.275. The van der Waals surface area contributed by atoms with Gasteiger partial charge in [-0.25, -0.2) is 0 Å². The van der Waals surface area contributed by atoms with Crippen LogP contribution in [0.4, 0.5) is 4.79 Å². The molecule has 0 aliphatic rings. The van der Waals surface area contributed by atoms with E-state index in [2.05, 4.69) is 37.2 Å². The van der Waals surface area contributed by atoms with E-state index in [-0.39, 0.29) is 43.6 Å². The number of carbonyl (C=O) groups excluding carboxylic acids is 3. The van der Waals surface area contributed by atoms with E-state index >= 15 is 0 Å². The van der Waals surface area contributed by atoms with Crippen LogP contribution >= 0.6 is 11.8 Å². The van der Waals surface area contributed by atoms with E-state index in [4.69, 9.17) is 10.2 Å². The van der Waals surface area contributed by atoms with E-state index in [0.29, 0.717) is 24.7 Å². The fourth-order valence-corrected chi connectivity index (χ4v) is 2.41. The van der Waals surface area contributed by atoms with Gasteiger partial charge in [0, 0.05) is 25.9 Å². The lowest BCUT2D eigenvalue weighted by atomic mass is 10.1. The summed E-state index contributed by atoms with van der Waals surface area (Å²) in [7, 11) is 0. The third kappa shape index (κ3) is 26.7. The van der Waals surface area contributed by atoms with Gasteiger partial charge in [0.25, 0.3) is 5.24 Å². The second kappa shape index (κ2) is 24.0. The van der Waals surface area contributed by atoms with Gasteiger partial charge in [-0.1, -0.05) is 60.2 Å². The predicted molar refractivity (Wildman–Crippen MR) is 121 cm³/mol. The normalized spacial score (nSPS) is 9.83. The number of rotatable bonds is 11.